The van der Waals surface area contributed by atoms with Crippen LogP contribution < -0.4 is 0 Å². The molecule has 0 fully saturated rings. The van der Waals surface area contributed by atoms with Crippen molar-refractivity contribution in [3.8, 4) is 0 Å². The number of hydrogen-bond acceptors (Lipinski definition) is 1. The Hall–Kier alpha value is -2.81. The van der Waals surface area contributed by atoms with Crippen molar-refractivity contribution in [1.29, 1.82) is 0 Å². The minimum Gasteiger partial charge on any atom is -0.345 e. The molecule has 3 nitrogen and oxygen atoms in total. The predicted octanol–water partition coefficient (Wildman–Crippen LogP) is 5.85. The van der Waals surface area contributed by atoms with E-state index in [-0.39, 0.29) is 11.9 Å². The van der Waals surface area contributed by atoms with Gasteiger partial charge in [-0.1, -0.05) is 74.0 Å². The summed E-state index contributed by atoms with van der Waals surface area (Å²) in [7, 11) is 0. The number of carbonyl (C=O) groups is 1. The van der Waals surface area contributed by atoms with Crippen LogP contribution in [0.5, 0.6) is 0 Å². The maximum Gasteiger partial charge on any atom is 0.223 e. The molecule has 158 valence electrons. The molecule has 0 radical (unpaired) electrons. The van der Waals surface area contributed by atoms with Crippen LogP contribution in [0.3, 0.4) is 0 Å². The van der Waals surface area contributed by atoms with Crippen molar-refractivity contribution in [2.45, 2.75) is 59.7 Å². The number of amides is 1. The summed E-state index contributed by atoms with van der Waals surface area (Å²) in [6.45, 7) is 10.1. The van der Waals surface area contributed by atoms with Gasteiger partial charge in [-0.25, -0.2) is 0 Å². The van der Waals surface area contributed by atoms with Gasteiger partial charge < -0.3 is 9.47 Å². The Labute approximate surface area is 181 Å². The van der Waals surface area contributed by atoms with E-state index in [0.29, 0.717) is 18.9 Å². The van der Waals surface area contributed by atoms with Gasteiger partial charge in [0.15, 0.2) is 0 Å². The molecular formula is C27H34N2O. The first-order valence-corrected chi connectivity index (χ1v) is 11.0. The van der Waals surface area contributed by atoms with Crippen LogP contribution in [0.15, 0.2) is 72.9 Å². The maximum atomic E-state index is 13.2. The zero-order valence-electron chi connectivity index (χ0n) is 18.7. The van der Waals surface area contributed by atoms with Gasteiger partial charge in [0.1, 0.15) is 0 Å². The Morgan fingerprint density at radius 3 is 2.37 bits per heavy atom. The topological polar surface area (TPSA) is 25.2 Å². The van der Waals surface area contributed by atoms with Gasteiger partial charge in [0, 0.05) is 30.9 Å². The van der Waals surface area contributed by atoms with Crippen LogP contribution in [0.4, 0.5) is 0 Å². The van der Waals surface area contributed by atoms with Crippen molar-refractivity contribution in [1.82, 2.24) is 9.47 Å². The van der Waals surface area contributed by atoms with E-state index in [2.05, 4.69) is 91.9 Å². The standard InChI is InChI=1S/C27H34N2O/c1-21(2)23(4)29(27(30)16-15-24-11-6-5-7-12-24)20-26-14-9-17-28(26)19-25-13-8-10-22(3)18-25/h5-14,17-18,21,23H,15-16,19-20H2,1-4H3. The molecule has 3 aromatic rings. The molecule has 0 saturated heterocycles. The molecule has 1 aromatic heterocycles. The van der Waals surface area contributed by atoms with Crippen LogP contribution in [0.25, 0.3) is 0 Å². The smallest absolute Gasteiger partial charge is 0.223 e. The van der Waals surface area contributed by atoms with E-state index in [4.69, 9.17) is 0 Å². The Kier molecular flexibility index (Phi) is 7.51. The molecule has 1 amide bonds. The Bertz CT molecular complexity index is 942. The second-order valence-corrected chi connectivity index (χ2v) is 8.61. The Balaban J connectivity index is 1.74. The van der Waals surface area contributed by atoms with Gasteiger partial charge in [0.05, 0.1) is 6.54 Å². The summed E-state index contributed by atoms with van der Waals surface area (Å²) in [5.41, 5.74) is 4.95. The third-order valence-electron chi connectivity index (χ3n) is 5.94. The van der Waals surface area contributed by atoms with Crippen molar-refractivity contribution >= 4 is 5.91 Å². The summed E-state index contributed by atoms with van der Waals surface area (Å²) >= 11 is 0. The van der Waals surface area contributed by atoms with Gasteiger partial charge in [-0.05, 0) is 49.4 Å². The van der Waals surface area contributed by atoms with E-state index in [1.807, 2.05) is 18.2 Å². The van der Waals surface area contributed by atoms with Gasteiger partial charge in [0.25, 0.3) is 0 Å². The third-order valence-corrected chi connectivity index (χ3v) is 5.94. The minimum atomic E-state index is 0.190. The first kappa shape index (κ1) is 21.9. The van der Waals surface area contributed by atoms with Crippen LogP contribution in [0, 0.1) is 12.8 Å². The highest BCUT2D eigenvalue weighted by Gasteiger charge is 2.23. The normalized spacial score (nSPS) is 12.2. The van der Waals surface area contributed by atoms with E-state index >= 15 is 0 Å². The molecule has 30 heavy (non-hydrogen) atoms. The number of benzene rings is 2. The molecule has 0 aliphatic carbocycles. The monoisotopic (exact) mass is 402 g/mol. The zero-order valence-corrected chi connectivity index (χ0v) is 18.7. The lowest BCUT2D eigenvalue weighted by molar-refractivity contribution is -0.134. The summed E-state index contributed by atoms with van der Waals surface area (Å²) in [5.74, 6) is 0.634. The van der Waals surface area contributed by atoms with E-state index in [1.54, 1.807) is 0 Å². The lowest BCUT2D eigenvalue weighted by atomic mass is 10.0. The number of rotatable bonds is 9. The van der Waals surface area contributed by atoms with Crippen molar-refractivity contribution in [3.63, 3.8) is 0 Å². The predicted molar refractivity (Wildman–Crippen MR) is 124 cm³/mol. The van der Waals surface area contributed by atoms with Gasteiger partial charge >= 0.3 is 0 Å². The second kappa shape index (κ2) is 10.3. The highest BCUT2D eigenvalue weighted by Crippen LogP contribution is 2.19. The van der Waals surface area contributed by atoms with Crippen molar-refractivity contribution < 1.29 is 4.79 Å². The molecule has 1 heterocycles. The molecule has 0 saturated carbocycles. The fourth-order valence-electron chi connectivity index (χ4n) is 3.79. The molecule has 0 bridgehead atoms. The van der Waals surface area contributed by atoms with Crippen molar-refractivity contribution in [2.24, 2.45) is 5.92 Å². The summed E-state index contributed by atoms with van der Waals surface area (Å²) in [6, 6.07) is 23.3. The number of aryl methyl sites for hydroxylation is 2. The summed E-state index contributed by atoms with van der Waals surface area (Å²) in [4.78, 5) is 15.3. The Morgan fingerprint density at radius 2 is 1.67 bits per heavy atom. The lowest BCUT2D eigenvalue weighted by Crippen LogP contribution is -2.41. The summed E-state index contributed by atoms with van der Waals surface area (Å²) in [6.07, 6.45) is 3.44. The third kappa shape index (κ3) is 5.85. The molecule has 3 rings (SSSR count). The van der Waals surface area contributed by atoms with Gasteiger partial charge in [-0.15, -0.1) is 0 Å². The second-order valence-electron chi connectivity index (χ2n) is 8.61. The van der Waals surface area contributed by atoms with E-state index in [0.717, 1.165) is 13.0 Å². The van der Waals surface area contributed by atoms with Gasteiger partial charge in [-0.3, -0.25) is 4.79 Å². The van der Waals surface area contributed by atoms with E-state index < -0.39 is 0 Å². The number of nitrogens with zero attached hydrogens (tertiary/aromatic N) is 2. The van der Waals surface area contributed by atoms with E-state index in [9.17, 15) is 4.79 Å². The number of hydrogen-bond donors (Lipinski definition) is 0. The highest BCUT2D eigenvalue weighted by atomic mass is 16.2. The van der Waals surface area contributed by atoms with Crippen molar-refractivity contribution in [3.05, 3.63) is 95.3 Å². The summed E-state index contributed by atoms with van der Waals surface area (Å²) in [5, 5.41) is 0. The van der Waals surface area contributed by atoms with Crippen LogP contribution in [-0.4, -0.2) is 21.4 Å². The van der Waals surface area contributed by atoms with Gasteiger partial charge in [-0.2, -0.15) is 0 Å². The van der Waals surface area contributed by atoms with Crippen LogP contribution >= 0.6 is 0 Å². The fraction of sp³-hybridized carbons (Fsp3) is 0.370. The van der Waals surface area contributed by atoms with Crippen LogP contribution in [-0.2, 0) is 24.3 Å². The van der Waals surface area contributed by atoms with Crippen LogP contribution in [0.1, 0.15) is 49.6 Å². The largest absolute Gasteiger partial charge is 0.345 e. The maximum absolute atomic E-state index is 13.2. The highest BCUT2D eigenvalue weighted by molar-refractivity contribution is 5.76. The zero-order chi connectivity index (χ0) is 21.5. The molecule has 0 aliphatic heterocycles. The quantitative estimate of drug-likeness (QED) is 0.441. The molecular weight excluding hydrogens is 368 g/mol. The van der Waals surface area contributed by atoms with Crippen molar-refractivity contribution in [2.75, 3.05) is 0 Å². The summed E-state index contributed by atoms with van der Waals surface area (Å²) < 4.78 is 2.26. The molecule has 2 aromatic carbocycles. The number of carbonyl (C=O) groups excluding carboxylic acids is 1. The first-order chi connectivity index (χ1) is 14.4. The molecule has 1 unspecified atom stereocenters. The Morgan fingerprint density at radius 1 is 0.933 bits per heavy atom. The minimum absolute atomic E-state index is 0.190. The molecule has 0 aliphatic rings. The number of aromatic nitrogens is 1. The lowest BCUT2D eigenvalue weighted by Gasteiger charge is -2.32. The van der Waals surface area contributed by atoms with E-state index in [1.165, 1.54) is 22.4 Å². The molecule has 3 heteroatoms. The first-order valence-electron chi connectivity index (χ1n) is 11.0. The average molecular weight is 403 g/mol. The molecule has 0 N–H and O–H groups in total. The average Bonchev–Trinajstić information content (AvgIpc) is 3.17. The SMILES string of the molecule is Cc1cccc(Cn2cccc2CN(C(=O)CCc2ccccc2)C(C)C(C)C)c1. The van der Waals surface area contributed by atoms with Crippen LogP contribution in [0.2, 0.25) is 0 Å². The fourth-order valence-corrected chi connectivity index (χ4v) is 3.79. The molecule has 0 spiro atoms. The molecule has 1 atom stereocenters. The van der Waals surface area contributed by atoms with Gasteiger partial charge in [0.2, 0.25) is 5.91 Å².